The molecule has 4 nitrogen and oxygen atoms in total. The number of hydrogen-bond donors (Lipinski definition) is 1. The lowest BCUT2D eigenvalue weighted by atomic mass is 10.0. The van der Waals surface area contributed by atoms with Crippen LogP contribution in [0.1, 0.15) is 41.0 Å². The van der Waals surface area contributed by atoms with Gasteiger partial charge in [0, 0.05) is 5.69 Å². The molecule has 0 unspecified atom stereocenters. The Morgan fingerprint density at radius 1 is 1.17 bits per heavy atom. The molecule has 1 N–H and O–H groups in total. The van der Waals surface area contributed by atoms with Crippen LogP contribution in [0.4, 0.5) is 5.69 Å². The standard InChI is InChI=1S/C18H18N2O2S/c1-13-2-4-14(5-3-13)12-23(21,22)20-17-9-8-16(11-19)18(10-17)15-6-7-15/h2-5,8-10,15,20H,6-7,12H2,1H3. The Morgan fingerprint density at radius 2 is 1.87 bits per heavy atom. The van der Waals surface area contributed by atoms with Crippen LogP contribution >= 0.6 is 0 Å². The van der Waals surface area contributed by atoms with Crippen LogP contribution in [0.2, 0.25) is 0 Å². The highest BCUT2D eigenvalue weighted by Crippen LogP contribution is 2.42. The monoisotopic (exact) mass is 326 g/mol. The number of rotatable bonds is 5. The fourth-order valence-corrected chi connectivity index (χ4v) is 3.77. The van der Waals surface area contributed by atoms with Gasteiger partial charge in [-0.15, -0.1) is 0 Å². The van der Waals surface area contributed by atoms with Gasteiger partial charge in [0.15, 0.2) is 0 Å². The zero-order valence-electron chi connectivity index (χ0n) is 12.9. The van der Waals surface area contributed by atoms with Gasteiger partial charge in [0.25, 0.3) is 0 Å². The van der Waals surface area contributed by atoms with Crippen LogP contribution in [0.25, 0.3) is 0 Å². The van der Waals surface area contributed by atoms with Gasteiger partial charge in [-0.05, 0) is 55.0 Å². The molecule has 2 aromatic rings. The lowest BCUT2D eigenvalue weighted by Crippen LogP contribution is -2.15. The molecule has 23 heavy (non-hydrogen) atoms. The lowest BCUT2D eigenvalue weighted by Gasteiger charge is -2.11. The van der Waals surface area contributed by atoms with E-state index in [1.54, 1.807) is 18.2 Å². The molecule has 3 rings (SSSR count). The third kappa shape index (κ3) is 3.91. The topological polar surface area (TPSA) is 70.0 Å². The van der Waals surface area contributed by atoms with Crippen molar-refractivity contribution >= 4 is 15.7 Å². The summed E-state index contributed by atoms with van der Waals surface area (Å²) in [4.78, 5) is 0. The summed E-state index contributed by atoms with van der Waals surface area (Å²) in [5.74, 6) is 0.331. The highest BCUT2D eigenvalue weighted by molar-refractivity contribution is 7.91. The quantitative estimate of drug-likeness (QED) is 0.911. The van der Waals surface area contributed by atoms with Crippen molar-refractivity contribution in [1.29, 1.82) is 5.26 Å². The van der Waals surface area contributed by atoms with Gasteiger partial charge in [0.1, 0.15) is 0 Å². The fraction of sp³-hybridized carbons (Fsp3) is 0.278. The smallest absolute Gasteiger partial charge is 0.236 e. The predicted molar refractivity (Wildman–Crippen MR) is 90.6 cm³/mol. The SMILES string of the molecule is Cc1ccc(CS(=O)(=O)Nc2ccc(C#N)c(C3CC3)c2)cc1. The number of aryl methyl sites for hydroxylation is 1. The molecule has 0 heterocycles. The average Bonchev–Trinajstić information content (AvgIpc) is 3.33. The van der Waals surface area contributed by atoms with Crippen molar-refractivity contribution in [2.45, 2.75) is 31.4 Å². The van der Waals surface area contributed by atoms with Gasteiger partial charge in [0.2, 0.25) is 10.0 Å². The Morgan fingerprint density at radius 3 is 2.48 bits per heavy atom. The molecule has 0 aliphatic heterocycles. The maximum Gasteiger partial charge on any atom is 0.236 e. The van der Waals surface area contributed by atoms with Gasteiger partial charge in [-0.2, -0.15) is 5.26 Å². The second-order valence-electron chi connectivity index (χ2n) is 6.03. The summed E-state index contributed by atoms with van der Waals surface area (Å²) in [5.41, 5.74) is 3.95. The van der Waals surface area contributed by atoms with Crippen LogP contribution in [0, 0.1) is 18.3 Å². The maximum absolute atomic E-state index is 12.3. The van der Waals surface area contributed by atoms with Gasteiger partial charge in [-0.25, -0.2) is 8.42 Å². The lowest BCUT2D eigenvalue weighted by molar-refractivity contribution is 0.600. The molecule has 1 saturated carbocycles. The van der Waals surface area contributed by atoms with E-state index >= 15 is 0 Å². The van der Waals surface area contributed by atoms with Crippen LogP contribution < -0.4 is 4.72 Å². The van der Waals surface area contributed by atoms with Crippen LogP contribution in [0.15, 0.2) is 42.5 Å². The summed E-state index contributed by atoms with van der Waals surface area (Å²) >= 11 is 0. The molecule has 0 spiro atoms. The van der Waals surface area contributed by atoms with E-state index in [0.29, 0.717) is 17.2 Å². The molecule has 0 atom stereocenters. The number of sulfonamides is 1. The zero-order valence-corrected chi connectivity index (χ0v) is 13.7. The van der Waals surface area contributed by atoms with E-state index in [2.05, 4.69) is 10.8 Å². The molecule has 1 fully saturated rings. The molecule has 0 amide bonds. The van der Waals surface area contributed by atoms with Crippen molar-refractivity contribution in [3.63, 3.8) is 0 Å². The van der Waals surface area contributed by atoms with Gasteiger partial charge in [0.05, 0.1) is 17.4 Å². The van der Waals surface area contributed by atoms with E-state index in [0.717, 1.165) is 29.5 Å². The summed E-state index contributed by atoms with van der Waals surface area (Å²) in [7, 11) is -3.48. The van der Waals surface area contributed by atoms with Crippen LogP contribution in [-0.2, 0) is 15.8 Å². The Kier molecular flexibility index (Phi) is 4.10. The Bertz CT molecular complexity index is 861. The van der Waals surface area contributed by atoms with Crippen molar-refractivity contribution in [2.75, 3.05) is 4.72 Å². The summed E-state index contributed by atoms with van der Waals surface area (Å²) in [6, 6.07) is 14.8. The number of nitrogens with zero attached hydrogens (tertiary/aromatic N) is 1. The first-order valence-corrected chi connectivity index (χ1v) is 9.22. The van der Waals surface area contributed by atoms with Crippen LogP contribution in [-0.4, -0.2) is 8.42 Å². The first-order valence-electron chi connectivity index (χ1n) is 7.57. The van der Waals surface area contributed by atoms with Crippen molar-refractivity contribution in [2.24, 2.45) is 0 Å². The number of hydrogen-bond acceptors (Lipinski definition) is 3. The molecular formula is C18H18N2O2S. The Balaban J connectivity index is 1.79. The molecular weight excluding hydrogens is 308 g/mol. The van der Waals surface area contributed by atoms with Crippen molar-refractivity contribution in [1.82, 2.24) is 0 Å². The molecule has 0 bridgehead atoms. The highest BCUT2D eigenvalue weighted by atomic mass is 32.2. The van der Waals surface area contributed by atoms with Crippen molar-refractivity contribution in [3.8, 4) is 6.07 Å². The van der Waals surface area contributed by atoms with Crippen LogP contribution in [0.5, 0.6) is 0 Å². The van der Waals surface area contributed by atoms with Gasteiger partial charge < -0.3 is 0 Å². The van der Waals surface area contributed by atoms with Crippen LogP contribution in [0.3, 0.4) is 0 Å². The molecule has 1 aliphatic carbocycles. The Labute approximate surface area is 136 Å². The largest absolute Gasteiger partial charge is 0.283 e. The van der Waals surface area contributed by atoms with E-state index < -0.39 is 10.0 Å². The molecule has 1 aliphatic rings. The zero-order chi connectivity index (χ0) is 16.4. The number of nitriles is 1. The Hall–Kier alpha value is -2.32. The third-order valence-corrected chi connectivity index (χ3v) is 5.20. The minimum Gasteiger partial charge on any atom is -0.283 e. The number of benzene rings is 2. The van der Waals surface area contributed by atoms with Gasteiger partial charge >= 0.3 is 0 Å². The highest BCUT2D eigenvalue weighted by Gasteiger charge is 2.26. The van der Waals surface area contributed by atoms with E-state index in [9.17, 15) is 8.42 Å². The summed E-state index contributed by atoms with van der Waals surface area (Å²) in [6.45, 7) is 1.96. The molecule has 2 aromatic carbocycles. The minimum absolute atomic E-state index is 0.0634. The summed E-state index contributed by atoms with van der Waals surface area (Å²) in [5, 5.41) is 9.15. The van der Waals surface area contributed by atoms with Crippen molar-refractivity contribution < 1.29 is 8.42 Å². The maximum atomic E-state index is 12.3. The summed E-state index contributed by atoms with van der Waals surface area (Å²) < 4.78 is 27.3. The average molecular weight is 326 g/mol. The second kappa shape index (κ2) is 6.05. The fourth-order valence-electron chi connectivity index (χ4n) is 2.58. The first-order chi connectivity index (χ1) is 11.0. The van der Waals surface area contributed by atoms with Crippen molar-refractivity contribution in [3.05, 3.63) is 64.7 Å². The summed E-state index contributed by atoms with van der Waals surface area (Å²) in [6.07, 6.45) is 2.13. The van der Waals surface area contributed by atoms with E-state index in [1.165, 1.54) is 0 Å². The predicted octanol–water partition coefficient (Wildman–Crippen LogP) is 3.69. The van der Waals surface area contributed by atoms with E-state index in [-0.39, 0.29) is 5.75 Å². The van der Waals surface area contributed by atoms with E-state index in [4.69, 9.17) is 5.26 Å². The molecule has 0 saturated heterocycles. The third-order valence-electron chi connectivity index (χ3n) is 3.94. The number of nitrogens with one attached hydrogen (secondary N) is 1. The molecule has 118 valence electrons. The van der Waals surface area contributed by atoms with Gasteiger partial charge in [-0.1, -0.05) is 29.8 Å². The second-order valence-corrected chi connectivity index (χ2v) is 7.76. The number of anilines is 1. The van der Waals surface area contributed by atoms with Gasteiger partial charge in [-0.3, -0.25) is 4.72 Å². The normalized spacial score (nSPS) is 14.3. The first kappa shape index (κ1) is 15.6. The molecule has 0 radical (unpaired) electrons. The minimum atomic E-state index is -3.48. The molecule has 0 aromatic heterocycles. The molecule has 5 heteroatoms. The van der Waals surface area contributed by atoms with E-state index in [1.807, 2.05) is 31.2 Å².